The Hall–Kier alpha value is -0.350. The van der Waals surface area contributed by atoms with E-state index in [-0.39, 0.29) is 22.7 Å². The lowest BCUT2D eigenvalue weighted by molar-refractivity contribution is 0.320. The van der Waals surface area contributed by atoms with Gasteiger partial charge in [-0.1, -0.05) is 0 Å². The lowest BCUT2D eigenvalue weighted by atomic mass is 10.3. The van der Waals surface area contributed by atoms with Crippen molar-refractivity contribution in [2.75, 3.05) is 12.5 Å². The van der Waals surface area contributed by atoms with E-state index in [0.717, 1.165) is 12.1 Å². The van der Waals surface area contributed by atoms with Gasteiger partial charge in [-0.25, -0.2) is 8.78 Å². The van der Waals surface area contributed by atoms with E-state index in [1.165, 1.54) is 0 Å². The van der Waals surface area contributed by atoms with Crippen LogP contribution in [0.3, 0.4) is 0 Å². The van der Waals surface area contributed by atoms with E-state index in [1.54, 1.807) is 0 Å². The average molecular weight is 271 g/mol. The summed E-state index contributed by atoms with van der Waals surface area (Å²) in [6.07, 6.45) is 0. The van der Waals surface area contributed by atoms with Gasteiger partial charge in [0.15, 0.2) is 11.6 Å². The van der Waals surface area contributed by atoms with E-state index in [4.69, 9.17) is 16.3 Å². The standard InChI is InChI=1S/C8H6BrClF2O/c9-6-3-5(11)4-7(12)8(6)13-2-1-10/h3-4H,1-2H2. The van der Waals surface area contributed by atoms with E-state index in [1.807, 2.05) is 0 Å². The highest BCUT2D eigenvalue weighted by Crippen LogP contribution is 2.29. The predicted octanol–water partition coefficient (Wildman–Crippen LogP) is 3.34. The fourth-order valence-electron chi connectivity index (χ4n) is 0.807. The molecule has 0 saturated carbocycles. The Morgan fingerprint density at radius 2 is 2.08 bits per heavy atom. The number of benzene rings is 1. The summed E-state index contributed by atoms with van der Waals surface area (Å²) in [7, 11) is 0. The molecular weight excluding hydrogens is 265 g/mol. The number of hydrogen-bond donors (Lipinski definition) is 0. The molecule has 0 radical (unpaired) electrons. The first-order valence-electron chi connectivity index (χ1n) is 3.48. The van der Waals surface area contributed by atoms with Crippen molar-refractivity contribution in [1.82, 2.24) is 0 Å². The van der Waals surface area contributed by atoms with Crippen molar-refractivity contribution in [3.63, 3.8) is 0 Å². The van der Waals surface area contributed by atoms with Gasteiger partial charge in [0.05, 0.1) is 10.4 Å². The zero-order valence-corrected chi connectivity index (χ0v) is 8.83. The lowest BCUT2D eigenvalue weighted by Gasteiger charge is -2.07. The largest absolute Gasteiger partial charge is 0.488 e. The van der Waals surface area contributed by atoms with Gasteiger partial charge in [0.1, 0.15) is 12.4 Å². The second kappa shape index (κ2) is 4.77. The molecule has 0 aliphatic carbocycles. The minimum Gasteiger partial charge on any atom is -0.488 e. The molecule has 0 amide bonds. The van der Waals surface area contributed by atoms with Crippen LogP contribution in [0.25, 0.3) is 0 Å². The molecular formula is C8H6BrClF2O. The van der Waals surface area contributed by atoms with Crippen LogP contribution in [0.1, 0.15) is 0 Å². The summed E-state index contributed by atoms with van der Waals surface area (Å²) in [6, 6.07) is 1.89. The average Bonchev–Trinajstić information content (AvgIpc) is 2.02. The first-order chi connectivity index (χ1) is 6.15. The Balaban J connectivity index is 2.92. The zero-order valence-electron chi connectivity index (χ0n) is 6.49. The molecule has 72 valence electrons. The van der Waals surface area contributed by atoms with Gasteiger partial charge in [0, 0.05) is 6.07 Å². The van der Waals surface area contributed by atoms with E-state index >= 15 is 0 Å². The second-order valence-corrected chi connectivity index (χ2v) is 3.47. The fourth-order valence-corrected chi connectivity index (χ4v) is 1.41. The Bertz CT molecular complexity index is 283. The first kappa shape index (κ1) is 10.7. The number of rotatable bonds is 3. The summed E-state index contributed by atoms with van der Waals surface area (Å²) in [4.78, 5) is 0. The maximum Gasteiger partial charge on any atom is 0.169 e. The molecule has 1 nitrogen and oxygen atoms in total. The van der Waals surface area contributed by atoms with Crippen LogP contribution in [0.2, 0.25) is 0 Å². The lowest BCUT2D eigenvalue weighted by Crippen LogP contribution is -2.01. The molecule has 1 rings (SSSR count). The smallest absolute Gasteiger partial charge is 0.169 e. The number of alkyl halides is 1. The fraction of sp³-hybridized carbons (Fsp3) is 0.250. The highest BCUT2D eigenvalue weighted by Gasteiger charge is 2.10. The highest BCUT2D eigenvalue weighted by atomic mass is 79.9. The summed E-state index contributed by atoms with van der Waals surface area (Å²) in [5.41, 5.74) is 0. The molecule has 0 fully saturated rings. The van der Waals surface area contributed by atoms with Crippen molar-refractivity contribution < 1.29 is 13.5 Å². The molecule has 0 saturated heterocycles. The minimum atomic E-state index is -0.739. The zero-order chi connectivity index (χ0) is 9.84. The van der Waals surface area contributed by atoms with E-state index in [0.29, 0.717) is 0 Å². The molecule has 13 heavy (non-hydrogen) atoms. The number of hydrogen-bond acceptors (Lipinski definition) is 1. The van der Waals surface area contributed by atoms with Gasteiger partial charge >= 0.3 is 0 Å². The van der Waals surface area contributed by atoms with Crippen LogP contribution >= 0.6 is 27.5 Å². The van der Waals surface area contributed by atoms with Gasteiger partial charge < -0.3 is 4.74 Å². The van der Waals surface area contributed by atoms with Gasteiger partial charge in [-0.3, -0.25) is 0 Å². The molecule has 0 bridgehead atoms. The van der Waals surface area contributed by atoms with Gasteiger partial charge in [-0.15, -0.1) is 11.6 Å². The topological polar surface area (TPSA) is 9.23 Å². The summed E-state index contributed by atoms with van der Waals surface area (Å²) < 4.78 is 30.8. The third-order valence-electron chi connectivity index (χ3n) is 1.29. The first-order valence-corrected chi connectivity index (χ1v) is 4.81. The minimum absolute atomic E-state index is 0.0120. The summed E-state index contributed by atoms with van der Waals surface area (Å²) in [5, 5.41) is 0. The van der Waals surface area contributed by atoms with E-state index in [9.17, 15) is 8.78 Å². The Labute approximate surface area is 87.8 Å². The van der Waals surface area contributed by atoms with Crippen LogP contribution in [0.5, 0.6) is 5.75 Å². The molecule has 0 unspecified atom stereocenters. The van der Waals surface area contributed by atoms with Crippen molar-refractivity contribution in [1.29, 1.82) is 0 Å². The van der Waals surface area contributed by atoms with Crippen molar-refractivity contribution in [3.8, 4) is 5.75 Å². The molecule has 0 aromatic heterocycles. The van der Waals surface area contributed by atoms with Crippen molar-refractivity contribution >= 4 is 27.5 Å². The second-order valence-electron chi connectivity index (χ2n) is 2.24. The molecule has 1 aromatic rings. The van der Waals surface area contributed by atoms with Crippen molar-refractivity contribution in [2.45, 2.75) is 0 Å². The number of halogens is 4. The predicted molar refractivity (Wildman–Crippen MR) is 50.3 cm³/mol. The van der Waals surface area contributed by atoms with E-state index in [2.05, 4.69) is 15.9 Å². The Morgan fingerprint density at radius 1 is 1.38 bits per heavy atom. The van der Waals surface area contributed by atoms with Gasteiger partial charge in [0.25, 0.3) is 0 Å². The molecule has 0 aliphatic heterocycles. The molecule has 1 aromatic carbocycles. The summed E-state index contributed by atoms with van der Waals surface area (Å²) >= 11 is 8.33. The molecule has 0 atom stereocenters. The Kier molecular flexibility index (Phi) is 3.93. The van der Waals surface area contributed by atoms with Crippen LogP contribution in [0, 0.1) is 11.6 Å². The molecule has 5 heteroatoms. The van der Waals surface area contributed by atoms with E-state index < -0.39 is 11.6 Å². The normalized spacial score (nSPS) is 10.2. The van der Waals surface area contributed by atoms with Crippen molar-refractivity contribution in [3.05, 3.63) is 28.2 Å². The molecule has 0 spiro atoms. The maximum atomic E-state index is 13.0. The summed E-state index contributed by atoms with van der Waals surface area (Å²) in [5.74, 6) is -1.15. The SMILES string of the molecule is Fc1cc(F)c(OCCCl)c(Br)c1. The van der Waals surface area contributed by atoms with Crippen LogP contribution in [-0.4, -0.2) is 12.5 Å². The molecule has 0 heterocycles. The van der Waals surface area contributed by atoms with Gasteiger partial charge in [0.2, 0.25) is 0 Å². The van der Waals surface area contributed by atoms with Crippen LogP contribution in [0.4, 0.5) is 8.78 Å². The monoisotopic (exact) mass is 270 g/mol. The Morgan fingerprint density at radius 3 is 2.62 bits per heavy atom. The molecule has 0 aliphatic rings. The van der Waals surface area contributed by atoms with Crippen LogP contribution in [-0.2, 0) is 0 Å². The van der Waals surface area contributed by atoms with Crippen LogP contribution < -0.4 is 4.74 Å². The quantitative estimate of drug-likeness (QED) is 0.766. The summed E-state index contributed by atoms with van der Waals surface area (Å²) in [6.45, 7) is 0.183. The molecule has 0 N–H and O–H groups in total. The van der Waals surface area contributed by atoms with Crippen LogP contribution in [0.15, 0.2) is 16.6 Å². The maximum absolute atomic E-state index is 13.0. The number of ether oxygens (including phenoxy) is 1. The third kappa shape index (κ3) is 2.81. The third-order valence-corrected chi connectivity index (χ3v) is 2.03. The van der Waals surface area contributed by atoms with Gasteiger partial charge in [-0.2, -0.15) is 0 Å². The highest BCUT2D eigenvalue weighted by molar-refractivity contribution is 9.10. The van der Waals surface area contributed by atoms with Crippen molar-refractivity contribution in [2.24, 2.45) is 0 Å². The van der Waals surface area contributed by atoms with Gasteiger partial charge in [-0.05, 0) is 22.0 Å².